The van der Waals surface area contributed by atoms with Gasteiger partial charge in [0.2, 0.25) is 0 Å². The van der Waals surface area contributed by atoms with Gasteiger partial charge in [-0.15, -0.1) is 0 Å². The van der Waals surface area contributed by atoms with Crippen molar-refractivity contribution in [3.63, 3.8) is 0 Å². The molecule has 1 aromatic heterocycles. The molecule has 1 aliphatic rings. The molecule has 84 valence electrons. The zero-order valence-electron chi connectivity index (χ0n) is 9.15. The van der Waals surface area contributed by atoms with Gasteiger partial charge >= 0.3 is 0 Å². The highest BCUT2D eigenvalue weighted by molar-refractivity contribution is 5.00. The minimum absolute atomic E-state index is 0.163. The molecule has 0 radical (unpaired) electrons. The third-order valence-corrected chi connectivity index (χ3v) is 3.07. The van der Waals surface area contributed by atoms with E-state index in [2.05, 4.69) is 12.2 Å². The van der Waals surface area contributed by atoms with Gasteiger partial charge in [-0.2, -0.15) is 0 Å². The zero-order valence-corrected chi connectivity index (χ0v) is 9.15. The normalized spacial score (nSPS) is 28.1. The first-order valence-electron chi connectivity index (χ1n) is 5.72. The maximum absolute atomic E-state index is 9.68. The van der Waals surface area contributed by atoms with Gasteiger partial charge in [-0.3, -0.25) is 0 Å². The summed E-state index contributed by atoms with van der Waals surface area (Å²) < 4.78 is 5.29. The molecule has 1 aromatic rings. The van der Waals surface area contributed by atoms with Gasteiger partial charge in [0.25, 0.3) is 0 Å². The molecule has 2 rings (SSSR count). The van der Waals surface area contributed by atoms with Crippen molar-refractivity contribution in [2.45, 2.75) is 50.8 Å². The summed E-state index contributed by atoms with van der Waals surface area (Å²) in [7, 11) is 0. The minimum Gasteiger partial charge on any atom is -0.469 e. The van der Waals surface area contributed by atoms with Gasteiger partial charge in [-0.25, -0.2) is 0 Å². The molecular weight excluding hydrogens is 190 g/mol. The van der Waals surface area contributed by atoms with E-state index in [0.717, 1.165) is 31.4 Å². The lowest BCUT2D eigenvalue weighted by atomic mass is 10.1. The Morgan fingerprint density at radius 1 is 1.60 bits per heavy atom. The average Bonchev–Trinajstić information content (AvgIpc) is 2.79. The van der Waals surface area contributed by atoms with Crippen LogP contribution >= 0.6 is 0 Å². The molecule has 3 nitrogen and oxygen atoms in total. The second kappa shape index (κ2) is 4.81. The van der Waals surface area contributed by atoms with Crippen molar-refractivity contribution in [3.05, 3.63) is 24.2 Å². The predicted molar refractivity (Wildman–Crippen MR) is 58.7 cm³/mol. The Kier molecular flexibility index (Phi) is 3.44. The number of hydrogen-bond acceptors (Lipinski definition) is 3. The summed E-state index contributed by atoms with van der Waals surface area (Å²) in [6.45, 7) is 2.13. The second-order valence-corrected chi connectivity index (χ2v) is 4.46. The van der Waals surface area contributed by atoms with Crippen LogP contribution in [0.1, 0.15) is 31.9 Å². The molecule has 1 aliphatic carbocycles. The molecule has 0 aromatic carbocycles. The predicted octanol–water partition coefficient (Wildman–Crippen LogP) is 1.71. The van der Waals surface area contributed by atoms with E-state index in [-0.39, 0.29) is 12.1 Å². The molecule has 0 spiro atoms. The summed E-state index contributed by atoms with van der Waals surface area (Å²) in [6.07, 6.45) is 5.58. The van der Waals surface area contributed by atoms with Crippen LogP contribution in [0.4, 0.5) is 0 Å². The van der Waals surface area contributed by atoms with Crippen LogP contribution < -0.4 is 5.32 Å². The Bertz CT molecular complexity index is 284. The summed E-state index contributed by atoms with van der Waals surface area (Å²) >= 11 is 0. The Balaban J connectivity index is 1.79. The molecule has 0 saturated heterocycles. The van der Waals surface area contributed by atoms with Gasteiger partial charge in [0.15, 0.2) is 0 Å². The first kappa shape index (κ1) is 10.7. The Hall–Kier alpha value is -0.800. The van der Waals surface area contributed by atoms with E-state index >= 15 is 0 Å². The smallest absolute Gasteiger partial charge is 0.105 e. The average molecular weight is 209 g/mol. The van der Waals surface area contributed by atoms with Crippen molar-refractivity contribution in [2.75, 3.05) is 0 Å². The SMILES string of the molecule is CC(Cc1ccco1)N[C@H]1CCC[C@@H]1O. The van der Waals surface area contributed by atoms with Crippen LogP contribution in [0.25, 0.3) is 0 Å². The lowest BCUT2D eigenvalue weighted by Crippen LogP contribution is -2.42. The maximum Gasteiger partial charge on any atom is 0.105 e. The monoisotopic (exact) mass is 209 g/mol. The molecule has 1 saturated carbocycles. The van der Waals surface area contributed by atoms with Crippen LogP contribution in [0.15, 0.2) is 22.8 Å². The van der Waals surface area contributed by atoms with Crippen LogP contribution in [0.5, 0.6) is 0 Å². The fraction of sp³-hybridized carbons (Fsp3) is 0.667. The fourth-order valence-corrected chi connectivity index (χ4v) is 2.29. The molecule has 15 heavy (non-hydrogen) atoms. The van der Waals surface area contributed by atoms with Gasteiger partial charge in [0, 0.05) is 18.5 Å². The Morgan fingerprint density at radius 3 is 3.07 bits per heavy atom. The third kappa shape index (κ3) is 2.83. The highest BCUT2D eigenvalue weighted by Crippen LogP contribution is 2.19. The van der Waals surface area contributed by atoms with E-state index in [4.69, 9.17) is 4.42 Å². The van der Waals surface area contributed by atoms with Crippen molar-refractivity contribution in [1.82, 2.24) is 5.32 Å². The van der Waals surface area contributed by atoms with Crippen molar-refractivity contribution >= 4 is 0 Å². The van der Waals surface area contributed by atoms with Crippen LogP contribution in [-0.2, 0) is 6.42 Å². The molecule has 1 fully saturated rings. The molecule has 3 heteroatoms. The number of furan rings is 1. The molecular formula is C12H19NO2. The van der Waals surface area contributed by atoms with Gasteiger partial charge < -0.3 is 14.8 Å². The van der Waals surface area contributed by atoms with Crippen molar-refractivity contribution in [1.29, 1.82) is 0 Å². The van der Waals surface area contributed by atoms with E-state index in [1.165, 1.54) is 0 Å². The number of hydrogen-bond donors (Lipinski definition) is 2. The maximum atomic E-state index is 9.68. The molecule has 3 atom stereocenters. The first-order chi connectivity index (χ1) is 7.25. The lowest BCUT2D eigenvalue weighted by molar-refractivity contribution is 0.143. The lowest BCUT2D eigenvalue weighted by Gasteiger charge is -2.21. The molecule has 0 aliphatic heterocycles. The van der Waals surface area contributed by atoms with Crippen molar-refractivity contribution in [3.8, 4) is 0 Å². The summed E-state index contributed by atoms with van der Waals surface area (Å²) in [5.41, 5.74) is 0. The van der Waals surface area contributed by atoms with Crippen LogP contribution in [0.2, 0.25) is 0 Å². The van der Waals surface area contributed by atoms with E-state index in [0.29, 0.717) is 6.04 Å². The van der Waals surface area contributed by atoms with Crippen molar-refractivity contribution in [2.24, 2.45) is 0 Å². The molecule has 2 N–H and O–H groups in total. The quantitative estimate of drug-likeness (QED) is 0.793. The van der Waals surface area contributed by atoms with Gasteiger partial charge in [0.05, 0.1) is 12.4 Å². The van der Waals surface area contributed by atoms with Gasteiger partial charge in [-0.05, 0) is 38.3 Å². The topological polar surface area (TPSA) is 45.4 Å². The fourth-order valence-electron chi connectivity index (χ4n) is 2.29. The third-order valence-electron chi connectivity index (χ3n) is 3.07. The minimum atomic E-state index is -0.163. The van der Waals surface area contributed by atoms with E-state index in [1.807, 2.05) is 12.1 Å². The van der Waals surface area contributed by atoms with Crippen LogP contribution in [0, 0.1) is 0 Å². The highest BCUT2D eigenvalue weighted by Gasteiger charge is 2.26. The highest BCUT2D eigenvalue weighted by atomic mass is 16.3. The molecule has 1 heterocycles. The van der Waals surface area contributed by atoms with E-state index in [1.54, 1.807) is 6.26 Å². The number of rotatable bonds is 4. The molecule has 0 bridgehead atoms. The Labute approximate surface area is 90.5 Å². The zero-order chi connectivity index (χ0) is 10.7. The summed E-state index contributed by atoms with van der Waals surface area (Å²) in [4.78, 5) is 0. The Morgan fingerprint density at radius 2 is 2.47 bits per heavy atom. The van der Waals surface area contributed by atoms with Gasteiger partial charge in [0.1, 0.15) is 5.76 Å². The first-order valence-corrected chi connectivity index (χ1v) is 5.72. The molecule has 1 unspecified atom stereocenters. The van der Waals surface area contributed by atoms with Crippen LogP contribution in [-0.4, -0.2) is 23.3 Å². The molecule has 0 amide bonds. The second-order valence-electron chi connectivity index (χ2n) is 4.46. The van der Waals surface area contributed by atoms with Crippen LogP contribution in [0.3, 0.4) is 0 Å². The number of aliphatic hydroxyl groups excluding tert-OH is 1. The van der Waals surface area contributed by atoms with E-state index in [9.17, 15) is 5.11 Å². The standard InChI is InChI=1S/C12H19NO2/c1-9(8-10-4-3-7-15-10)13-11-5-2-6-12(11)14/h3-4,7,9,11-14H,2,5-6,8H2,1H3/t9?,11-,12-/m0/s1. The number of aliphatic hydroxyl groups is 1. The summed E-state index contributed by atoms with van der Waals surface area (Å²) in [5, 5.41) is 13.1. The number of nitrogens with one attached hydrogen (secondary N) is 1. The largest absolute Gasteiger partial charge is 0.469 e. The summed E-state index contributed by atoms with van der Waals surface area (Å²) in [5.74, 6) is 1.00. The van der Waals surface area contributed by atoms with Gasteiger partial charge in [-0.1, -0.05) is 0 Å². The van der Waals surface area contributed by atoms with E-state index < -0.39 is 0 Å². The van der Waals surface area contributed by atoms with Crippen molar-refractivity contribution < 1.29 is 9.52 Å². The summed E-state index contributed by atoms with van der Waals surface area (Å²) in [6, 6.07) is 4.53.